The van der Waals surface area contributed by atoms with Crippen LogP contribution in [0.2, 0.25) is 0 Å². The zero-order chi connectivity index (χ0) is 34.1. The van der Waals surface area contributed by atoms with Gasteiger partial charge in [0.05, 0.1) is 17.2 Å². The van der Waals surface area contributed by atoms with Gasteiger partial charge in [-0.3, -0.25) is 13.9 Å². The Balaban J connectivity index is 1.56. The molecule has 1 aliphatic carbocycles. The van der Waals surface area contributed by atoms with Gasteiger partial charge in [-0.05, 0) is 86.7 Å². The molecule has 1 unspecified atom stereocenters. The molecule has 0 aliphatic heterocycles. The molecule has 0 bridgehead atoms. The van der Waals surface area contributed by atoms with E-state index < -0.39 is 28.5 Å². The maximum absolute atomic E-state index is 14.7. The summed E-state index contributed by atoms with van der Waals surface area (Å²) in [5, 5.41) is 3.22. The molecule has 0 spiro atoms. The first-order chi connectivity index (χ1) is 23.2. The predicted molar refractivity (Wildman–Crippen MR) is 189 cm³/mol. The van der Waals surface area contributed by atoms with E-state index in [4.69, 9.17) is 4.74 Å². The standard InChI is InChI=1S/C39H45N3O5S/c1-4-47-35-22-24-36(25-23-35)48(45,46)42(34-20-18-29(2)19-21-34)28-38(43)41(27-32-15-9-8-12-30(32)3)37(26-31-13-6-5-7-14-31)39(44)40-33-16-10-11-17-33/h5-9,12-15,18-25,33,37H,4,10-11,16-17,26-28H2,1-3H3,(H,40,44). The molecular weight excluding hydrogens is 623 g/mol. The lowest BCUT2D eigenvalue weighted by Crippen LogP contribution is -2.54. The van der Waals surface area contributed by atoms with E-state index in [2.05, 4.69) is 5.32 Å². The van der Waals surface area contributed by atoms with Gasteiger partial charge in [-0.15, -0.1) is 0 Å². The number of ether oxygens (including phenoxy) is 1. The fourth-order valence-electron chi connectivity index (χ4n) is 6.13. The summed E-state index contributed by atoms with van der Waals surface area (Å²) in [6.07, 6.45) is 4.19. The fourth-order valence-corrected chi connectivity index (χ4v) is 7.55. The molecule has 8 nitrogen and oxygen atoms in total. The lowest BCUT2D eigenvalue weighted by atomic mass is 10.0. The largest absolute Gasteiger partial charge is 0.494 e. The Bertz CT molecular complexity index is 1770. The van der Waals surface area contributed by atoms with E-state index in [-0.39, 0.29) is 29.8 Å². The summed E-state index contributed by atoms with van der Waals surface area (Å²) in [4.78, 5) is 30.5. The van der Waals surface area contributed by atoms with Crippen LogP contribution in [0.25, 0.3) is 0 Å². The predicted octanol–water partition coefficient (Wildman–Crippen LogP) is 6.60. The summed E-state index contributed by atoms with van der Waals surface area (Å²) in [6.45, 7) is 5.85. The molecule has 0 saturated heterocycles. The van der Waals surface area contributed by atoms with Gasteiger partial charge in [0.25, 0.3) is 10.0 Å². The molecular formula is C39H45N3O5S. The average Bonchev–Trinajstić information content (AvgIpc) is 3.60. The molecule has 4 aromatic carbocycles. The lowest BCUT2D eigenvalue weighted by Gasteiger charge is -2.34. The minimum atomic E-state index is -4.20. The maximum Gasteiger partial charge on any atom is 0.264 e. The number of hydrogen-bond acceptors (Lipinski definition) is 5. The van der Waals surface area contributed by atoms with Crippen LogP contribution in [-0.4, -0.2) is 50.4 Å². The van der Waals surface area contributed by atoms with Crippen LogP contribution in [-0.2, 0) is 32.6 Å². The highest BCUT2D eigenvalue weighted by Gasteiger charge is 2.35. The highest BCUT2D eigenvalue weighted by Crippen LogP contribution is 2.27. The Morgan fingerprint density at radius 2 is 1.50 bits per heavy atom. The summed E-state index contributed by atoms with van der Waals surface area (Å²) in [5.74, 6) is -0.157. The van der Waals surface area contributed by atoms with Crippen molar-refractivity contribution in [1.29, 1.82) is 0 Å². The Morgan fingerprint density at radius 1 is 0.854 bits per heavy atom. The van der Waals surface area contributed by atoms with Gasteiger partial charge in [0.2, 0.25) is 11.8 Å². The number of rotatable bonds is 14. The van der Waals surface area contributed by atoms with Crippen molar-refractivity contribution >= 4 is 27.5 Å². The van der Waals surface area contributed by atoms with Crippen molar-refractivity contribution in [2.24, 2.45) is 0 Å². The third kappa shape index (κ3) is 8.63. The lowest BCUT2D eigenvalue weighted by molar-refractivity contribution is -0.140. The molecule has 1 saturated carbocycles. The first kappa shape index (κ1) is 34.7. The Morgan fingerprint density at radius 3 is 2.15 bits per heavy atom. The van der Waals surface area contributed by atoms with Gasteiger partial charge in [0.15, 0.2) is 0 Å². The second-order valence-corrected chi connectivity index (χ2v) is 14.3. The summed E-state index contributed by atoms with van der Waals surface area (Å²) in [5.41, 5.74) is 4.07. The van der Waals surface area contributed by atoms with Crippen molar-refractivity contribution in [3.8, 4) is 5.75 Å². The summed E-state index contributed by atoms with van der Waals surface area (Å²) in [7, 11) is -4.20. The minimum Gasteiger partial charge on any atom is -0.494 e. The number of amides is 2. The van der Waals surface area contributed by atoms with Crippen LogP contribution in [0.5, 0.6) is 5.75 Å². The van der Waals surface area contributed by atoms with Crippen LogP contribution in [0.1, 0.15) is 54.9 Å². The number of nitrogens with one attached hydrogen (secondary N) is 1. The zero-order valence-electron chi connectivity index (χ0n) is 28.0. The molecule has 2 amide bonds. The van der Waals surface area contributed by atoms with Crippen molar-refractivity contribution in [2.75, 3.05) is 17.5 Å². The van der Waals surface area contributed by atoms with Gasteiger partial charge >= 0.3 is 0 Å². The smallest absolute Gasteiger partial charge is 0.264 e. The van der Waals surface area contributed by atoms with Gasteiger partial charge in [0, 0.05) is 19.0 Å². The van der Waals surface area contributed by atoms with E-state index in [1.807, 2.05) is 87.5 Å². The molecule has 1 aliphatic rings. The van der Waals surface area contributed by atoms with Crippen molar-refractivity contribution in [2.45, 2.75) is 76.4 Å². The minimum absolute atomic E-state index is 0.0320. The quantitative estimate of drug-likeness (QED) is 0.164. The molecule has 1 N–H and O–H groups in total. The second kappa shape index (κ2) is 16.0. The fraction of sp³-hybridized carbons (Fsp3) is 0.333. The number of nitrogens with zero attached hydrogens (tertiary/aromatic N) is 2. The number of carbonyl (C=O) groups is 2. The number of carbonyl (C=O) groups excluding carboxylic acids is 2. The number of anilines is 1. The Kier molecular flexibility index (Phi) is 11.5. The van der Waals surface area contributed by atoms with Crippen LogP contribution in [0, 0.1) is 13.8 Å². The molecule has 1 atom stereocenters. The van der Waals surface area contributed by atoms with Crippen LogP contribution in [0.3, 0.4) is 0 Å². The Labute approximate surface area is 284 Å². The molecule has 0 radical (unpaired) electrons. The normalized spacial score (nSPS) is 13.9. The van der Waals surface area contributed by atoms with E-state index in [1.165, 1.54) is 12.1 Å². The molecule has 9 heteroatoms. The van der Waals surface area contributed by atoms with Crippen molar-refractivity contribution < 1.29 is 22.7 Å². The highest BCUT2D eigenvalue weighted by molar-refractivity contribution is 7.92. The van der Waals surface area contributed by atoms with Crippen LogP contribution in [0.15, 0.2) is 108 Å². The van der Waals surface area contributed by atoms with E-state index >= 15 is 0 Å². The van der Waals surface area contributed by atoms with Gasteiger partial charge in [-0.2, -0.15) is 0 Å². The highest BCUT2D eigenvalue weighted by atomic mass is 32.2. The second-order valence-electron chi connectivity index (χ2n) is 12.4. The summed E-state index contributed by atoms with van der Waals surface area (Å²) < 4.78 is 35.3. The van der Waals surface area contributed by atoms with Crippen LogP contribution < -0.4 is 14.4 Å². The monoisotopic (exact) mass is 667 g/mol. The molecule has 252 valence electrons. The molecule has 0 heterocycles. The van der Waals surface area contributed by atoms with Gasteiger partial charge in [-0.25, -0.2) is 8.42 Å². The number of benzene rings is 4. The molecule has 4 aromatic rings. The molecule has 5 rings (SSSR count). The summed E-state index contributed by atoms with van der Waals surface area (Å²) in [6, 6.07) is 29.8. The van der Waals surface area contributed by atoms with Gasteiger partial charge < -0.3 is 15.0 Å². The van der Waals surface area contributed by atoms with Crippen molar-refractivity contribution in [3.05, 3.63) is 125 Å². The Hall–Kier alpha value is -4.63. The van der Waals surface area contributed by atoms with Gasteiger partial charge in [0.1, 0.15) is 18.3 Å². The zero-order valence-corrected chi connectivity index (χ0v) is 28.8. The van der Waals surface area contributed by atoms with E-state index in [9.17, 15) is 18.0 Å². The van der Waals surface area contributed by atoms with Crippen LogP contribution in [0.4, 0.5) is 5.69 Å². The first-order valence-corrected chi connectivity index (χ1v) is 18.1. The van der Waals surface area contributed by atoms with Crippen molar-refractivity contribution in [3.63, 3.8) is 0 Å². The molecule has 48 heavy (non-hydrogen) atoms. The molecule has 1 fully saturated rings. The SMILES string of the molecule is CCOc1ccc(S(=O)(=O)N(CC(=O)N(Cc2ccccc2C)C(Cc2ccccc2)C(=O)NC2CCCC2)c2ccc(C)cc2)cc1. The number of aryl methyl sites for hydroxylation is 2. The van der Waals surface area contributed by atoms with Gasteiger partial charge in [-0.1, -0.05) is 85.1 Å². The summed E-state index contributed by atoms with van der Waals surface area (Å²) >= 11 is 0. The number of sulfonamides is 1. The van der Waals surface area contributed by atoms with E-state index in [1.54, 1.807) is 29.2 Å². The van der Waals surface area contributed by atoms with E-state index in [0.717, 1.165) is 52.2 Å². The van der Waals surface area contributed by atoms with Crippen LogP contribution >= 0.6 is 0 Å². The average molecular weight is 668 g/mol. The van der Waals surface area contributed by atoms with E-state index in [0.29, 0.717) is 18.0 Å². The molecule has 0 aromatic heterocycles. The maximum atomic E-state index is 14.7. The topological polar surface area (TPSA) is 96.0 Å². The third-order valence-electron chi connectivity index (χ3n) is 8.90. The third-order valence-corrected chi connectivity index (χ3v) is 10.7. The first-order valence-electron chi connectivity index (χ1n) is 16.7. The van der Waals surface area contributed by atoms with Crippen molar-refractivity contribution in [1.82, 2.24) is 10.2 Å². The number of hydrogen-bond donors (Lipinski definition) is 1.